The van der Waals surface area contributed by atoms with Crippen molar-refractivity contribution < 1.29 is 0 Å². The maximum atomic E-state index is 4.83. The summed E-state index contributed by atoms with van der Waals surface area (Å²) < 4.78 is 0. The van der Waals surface area contributed by atoms with E-state index in [0.717, 1.165) is 18.9 Å². The van der Waals surface area contributed by atoms with Gasteiger partial charge in [0.1, 0.15) is 0 Å². The van der Waals surface area contributed by atoms with Gasteiger partial charge in [-0.05, 0) is 5.92 Å². The summed E-state index contributed by atoms with van der Waals surface area (Å²) in [5, 5.41) is 1.30. The van der Waals surface area contributed by atoms with Gasteiger partial charge in [-0.15, -0.1) is 11.3 Å². The maximum absolute atomic E-state index is 4.83. The molecule has 0 aromatic carbocycles. The van der Waals surface area contributed by atoms with Gasteiger partial charge in [-0.25, -0.2) is 4.98 Å². The fourth-order valence-corrected chi connectivity index (χ4v) is 3.45. The van der Waals surface area contributed by atoms with E-state index in [0.29, 0.717) is 0 Å². The SMILES string of the molecule is CC(C)CN1CCc2nc(C(C)(C)C)sc2C1. The van der Waals surface area contributed by atoms with Crippen molar-refractivity contribution in [2.24, 2.45) is 5.92 Å². The Bertz CT molecular complexity index is 387. The Balaban J connectivity index is 2.13. The van der Waals surface area contributed by atoms with E-state index in [1.165, 1.54) is 28.7 Å². The zero-order chi connectivity index (χ0) is 12.6. The van der Waals surface area contributed by atoms with Gasteiger partial charge in [-0.2, -0.15) is 0 Å². The Morgan fingerprint density at radius 2 is 2.06 bits per heavy atom. The molecular formula is C14H24N2S. The van der Waals surface area contributed by atoms with Crippen LogP contribution in [0.5, 0.6) is 0 Å². The first-order valence-electron chi connectivity index (χ1n) is 6.57. The minimum absolute atomic E-state index is 0.199. The molecule has 1 aliphatic heterocycles. The van der Waals surface area contributed by atoms with E-state index in [4.69, 9.17) is 4.98 Å². The van der Waals surface area contributed by atoms with Crippen LogP contribution >= 0.6 is 11.3 Å². The largest absolute Gasteiger partial charge is 0.298 e. The van der Waals surface area contributed by atoms with Crippen molar-refractivity contribution in [1.82, 2.24) is 9.88 Å². The molecular weight excluding hydrogens is 228 g/mol. The second-order valence-electron chi connectivity index (χ2n) is 6.52. The summed E-state index contributed by atoms with van der Waals surface area (Å²) in [7, 11) is 0. The summed E-state index contributed by atoms with van der Waals surface area (Å²) >= 11 is 1.92. The number of rotatable bonds is 2. The van der Waals surface area contributed by atoms with Gasteiger partial charge in [-0.3, -0.25) is 4.90 Å². The van der Waals surface area contributed by atoms with Gasteiger partial charge in [0.25, 0.3) is 0 Å². The smallest absolute Gasteiger partial charge is 0.0985 e. The average molecular weight is 252 g/mol. The van der Waals surface area contributed by atoms with E-state index in [1.807, 2.05) is 11.3 Å². The summed E-state index contributed by atoms with van der Waals surface area (Å²) in [4.78, 5) is 8.90. The molecule has 0 fully saturated rings. The molecule has 0 saturated heterocycles. The van der Waals surface area contributed by atoms with Crippen molar-refractivity contribution in [2.45, 2.75) is 53.0 Å². The van der Waals surface area contributed by atoms with Gasteiger partial charge in [0.15, 0.2) is 0 Å². The number of thiazole rings is 1. The standard InChI is InChI=1S/C14H24N2S/c1-10(2)8-16-7-6-11-12(9-16)17-13(15-11)14(3,4)5/h10H,6-9H2,1-5H3. The Morgan fingerprint density at radius 3 is 2.65 bits per heavy atom. The topological polar surface area (TPSA) is 16.1 Å². The number of nitrogens with zero attached hydrogens (tertiary/aromatic N) is 2. The highest BCUT2D eigenvalue weighted by atomic mass is 32.1. The van der Waals surface area contributed by atoms with Gasteiger partial charge >= 0.3 is 0 Å². The third kappa shape index (κ3) is 3.08. The molecule has 17 heavy (non-hydrogen) atoms. The predicted octanol–water partition coefficient (Wildman–Crippen LogP) is 3.45. The monoisotopic (exact) mass is 252 g/mol. The Labute approximate surface area is 109 Å². The first kappa shape index (κ1) is 13.0. The second kappa shape index (κ2) is 4.69. The fraction of sp³-hybridized carbons (Fsp3) is 0.786. The lowest BCUT2D eigenvalue weighted by molar-refractivity contribution is 0.228. The molecule has 0 bridgehead atoms. The fourth-order valence-electron chi connectivity index (χ4n) is 2.24. The van der Waals surface area contributed by atoms with Crippen LogP contribution in [0, 0.1) is 5.92 Å². The molecule has 0 amide bonds. The van der Waals surface area contributed by atoms with Gasteiger partial charge in [0, 0.05) is 36.3 Å². The third-order valence-corrected chi connectivity index (χ3v) is 4.58. The van der Waals surface area contributed by atoms with Crippen LogP contribution in [0.15, 0.2) is 0 Å². The van der Waals surface area contributed by atoms with Gasteiger partial charge < -0.3 is 0 Å². The predicted molar refractivity (Wildman–Crippen MR) is 74.6 cm³/mol. The molecule has 1 aromatic heterocycles. The van der Waals surface area contributed by atoms with Crippen LogP contribution in [0.25, 0.3) is 0 Å². The summed E-state index contributed by atoms with van der Waals surface area (Å²) in [6.45, 7) is 14.9. The molecule has 0 N–H and O–H groups in total. The second-order valence-corrected chi connectivity index (χ2v) is 7.60. The molecule has 1 aromatic rings. The van der Waals surface area contributed by atoms with Gasteiger partial charge in [0.2, 0.25) is 0 Å². The highest BCUT2D eigenvalue weighted by molar-refractivity contribution is 7.11. The van der Waals surface area contributed by atoms with Crippen LogP contribution in [-0.4, -0.2) is 23.0 Å². The van der Waals surface area contributed by atoms with Crippen molar-refractivity contribution in [3.63, 3.8) is 0 Å². The molecule has 0 unspecified atom stereocenters. The minimum atomic E-state index is 0.199. The van der Waals surface area contributed by atoms with Crippen molar-refractivity contribution >= 4 is 11.3 Å². The van der Waals surface area contributed by atoms with Crippen molar-refractivity contribution in [3.05, 3.63) is 15.6 Å². The van der Waals surface area contributed by atoms with E-state index >= 15 is 0 Å². The molecule has 0 aliphatic carbocycles. The maximum Gasteiger partial charge on any atom is 0.0985 e. The molecule has 1 aliphatic rings. The molecule has 0 saturated carbocycles. The quantitative estimate of drug-likeness (QED) is 0.801. The summed E-state index contributed by atoms with van der Waals surface area (Å²) in [5.41, 5.74) is 1.56. The Kier molecular flexibility index (Phi) is 3.60. The summed E-state index contributed by atoms with van der Waals surface area (Å²) in [6, 6.07) is 0. The summed E-state index contributed by atoms with van der Waals surface area (Å²) in [5.74, 6) is 0.756. The van der Waals surface area contributed by atoms with Gasteiger partial charge in [-0.1, -0.05) is 34.6 Å². The molecule has 2 heterocycles. The van der Waals surface area contributed by atoms with Crippen LogP contribution in [0.1, 0.15) is 50.2 Å². The lowest BCUT2D eigenvalue weighted by Gasteiger charge is -2.27. The van der Waals surface area contributed by atoms with E-state index in [2.05, 4.69) is 39.5 Å². The number of aromatic nitrogens is 1. The van der Waals surface area contributed by atoms with Crippen molar-refractivity contribution in [3.8, 4) is 0 Å². The average Bonchev–Trinajstić information content (AvgIpc) is 2.58. The van der Waals surface area contributed by atoms with Crippen LogP contribution in [0.4, 0.5) is 0 Å². The van der Waals surface area contributed by atoms with Crippen molar-refractivity contribution in [1.29, 1.82) is 0 Å². The molecule has 96 valence electrons. The Hall–Kier alpha value is -0.410. The molecule has 2 nitrogen and oxygen atoms in total. The van der Waals surface area contributed by atoms with Crippen LogP contribution in [0.2, 0.25) is 0 Å². The zero-order valence-electron chi connectivity index (χ0n) is 11.7. The molecule has 2 rings (SSSR count). The van der Waals surface area contributed by atoms with E-state index < -0.39 is 0 Å². The highest BCUT2D eigenvalue weighted by Gasteiger charge is 2.25. The molecule has 0 atom stereocenters. The van der Waals surface area contributed by atoms with Gasteiger partial charge in [0.05, 0.1) is 10.7 Å². The highest BCUT2D eigenvalue weighted by Crippen LogP contribution is 2.32. The molecule has 0 radical (unpaired) electrons. The molecule has 3 heteroatoms. The van der Waals surface area contributed by atoms with E-state index in [-0.39, 0.29) is 5.41 Å². The normalized spacial score (nSPS) is 17.5. The van der Waals surface area contributed by atoms with E-state index in [9.17, 15) is 0 Å². The lowest BCUT2D eigenvalue weighted by atomic mass is 9.98. The third-order valence-electron chi connectivity index (χ3n) is 3.08. The van der Waals surface area contributed by atoms with Crippen LogP contribution < -0.4 is 0 Å². The number of fused-ring (bicyclic) bond motifs is 1. The Morgan fingerprint density at radius 1 is 1.35 bits per heavy atom. The van der Waals surface area contributed by atoms with Crippen LogP contribution in [-0.2, 0) is 18.4 Å². The number of hydrogen-bond donors (Lipinski definition) is 0. The first-order valence-corrected chi connectivity index (χ1v) is 7.39. The lowest BCUT2D eigenvalue weighted by Crippen LogP contribution is -2.32. The summed E-state index contributed by atoms with van der Waals surface area (Å²) in [6.07, 6.45) is 1.13. The zero-order valence-corrected chi connectivity index (χ0v) is 12.5. The first-order chi connectivity index (χ1) is 7.86. The van der Waals surface area contributed by atoms with E-state index in [1.54, 1.807) is 0 Å². The van der Waals surface area contributed by atoms with Crippen LogP contribution in [0.3, 0.4) is 0 Å². The van der Waals surface area contributed by atoms with Crippen molar-refractivity contribution in [2.75, 3.05) is 13.1 Å². The number of hydrogen-bond acceptors (Lipinski definition) is 3. The minimum Gasteiger partial charge on any atom is -0.298 e. The molecule has 0 spiro atoms.